The second-order valence-electron chi connectivity index (χ2n) is 4.61. The van der Waals surface area contributed by atoms with Crippen LogP contribution < -0.4 is 0 Å². The highest BCUT2D eigenvalue weighted by Gasteiger charge is 2.18. The Morgan fingerprint density at radius 2 is 1.60 bits per heavy atom. The summed E-state index contributed by atoms with van der Waals surface area (Å²) >= 11 is 0. The molecule has 2 heterocycles. The van der Waals surface area contributed by atoms with Crippen LogP contribution in [0.3, 0.4) is 0 Å². The summed E-state index contributed by atoms with van der Waals surface area (Å²) in [4.78, 5) is 13.6. The molecule has 0 unspecified atom stereocenters. The van der Waals surface area contributed by atoms with E-state index in [4.69, 9.17) is 0 Å². The molecule has 1 aromatic heterocycles. The SMILES string of the molecule is CC(C)c1nc2c(nc1C(C)C)CN=C2. The summed E-state index contributed by atoms with van der Waals surface area (Å²) in [7, 11) is 0. The van der Waals surface area contributed by atoms with Crippen LogP contribution in [0.4, 0.5) is 0 Å². The summed E-state index contributed by atoms with van der Waals surface area (Å²) in [6.07, 6.45) is 1.83. The number of nitrogens with zero attached hydrogens (tertiary/aromatic N) is 3. The number of hydrogen-bond acceptors (Lipinski definition) is 3. The molecule has 3 heteroatoms. The maximum atomic E-state index is 4.69. The summed E-state index contributed by atoms with van der Waals surface area (Å²) in [5, 5.41) is 0. The smallest absolute Gasteiger partial charge is 0.105 e. The van der Waals surface area contributed by atoms with E-state index >= 15 is 0 Å². The molecule has 0 aromatic carbocycles. The van der Waals surface area contributed by atoms with E-state index in [0.29, 0.717) is 18.4 Å². The third kappa shape index (κ3) is 1.78. The number of fused-ring (bicyclic) bond motifs is 1. The normalized spacial score (nSPS) is 14.0. The van der Waals surface area contributed by atoms with Gasteiger partial charge in [0.2, 0.25) is 0 Å². The first-order valence-electron chi connectivity index (χ1n) is 5.50. The van der Waals surface area contributed by atoms with Gasteiger partial charge in [0.25, 0.3) is 0 Å². The molecule has 1 aliphatic heterocycles. The highest BCUT2D eigenvalue weighted by atomic mass is 14.9. The Labute approximate surface area is 90.7 Å². The summed E-state index contributed by atoms with van der Waals surface area (Å²) < 4.78 is 0. The highest BCUT2D eigenvalue weighted by Crippen LogP contribution is 2.25. The van der Waals surface area contributed by atoms with E-state index in [0.717, 1.165) is 22.8 Å². The molecule has 0 fully saturated rings. The molecule has 0 spiro atoms. The molecule has 2 rings (SSSR count). The standard InChI is InChI=1S/C12H17N3/c1-7(2)11-12(8(3)4)15-10-6-13-5-9(10)14-11/h5,7-8H,6H2,1-4H3. The predicted octanol–water partition coefficient (Wildman–Crippen LogP) is 2.66. The molecule has 0 saturated heterocycles. The first kappa shape index (κ1) is 10.3. The number of rotatable bonds is 2. The van der Waals surface area contributed by atoms with Crippen LogP contribution in [0.5, 0.6) is 0 Å². The van der Waals surface area contributed by atoms with Crippen molar-refractivity contribution in [3.63, 3.8) is 0 Å². The van der Waals surface area contributed by atoms with Crippen LogP contribution >= 0.6 is 0 Å². The monoisotopic (exact) mass is 203 g/mol. The molecular weight excluding hydrogens is 186 g/mol. The molecule has 1 aromatic rings. The summed E-state index contributed by atoms with van der Waals surface area (Å²) in [5.74, 6) is 0.856. The Morgan fingerprint density at radius 1 is 1.00 bits per heavy atom. The van der Waals surface area contributed by atoms with E-state index in [-0.39, 0.29) is 0 Å². The molecule has 0 radical (unpaired) electrons. The third-order valence-electron chi connectivity index (χ3n) is 2.60. The van der Waals surface area contributed by atoms with E-state index in [2.05, 4.69) is 42.7 Å². The lowest BCUT2D eigenvalue weighted by Crippen LogP contribution is -2.09. The quantitative estimate of drug-likeness (QED) is 0.741. The Kier molecular flexibility index (Phi) is 2.55. The molecule has 1 aliphatic rings. The maximum absolute atomic E-state index is 4.69. The van der Waals surface area contributed by atoms with E-state index in [9.17, 15) is 0 Å². The van der Waals surface area contributed by atoms with Crippen molar-refractivity contribution in [2.24, 2.45) is 4.99 Å². The van der Waals surface area contributed by atoms with Gasteiger partial charge in [0, 0.05) is 6.21 Å². The van der Waals surface area contributed by atoms with Gasteiger partial charge in [0.05, 0.1) is 23.6 Å². The van der Waals surface area contributed by atoms with Gasteiger partial charge >= 0.3 is 0 Å². The lowest BCUT2D eigenvalue weighted by atomic mass is 10.00. The minimum absolute atomic E-state index is 0.425. The fourth-order valence-electron chi connectivity index (χ4n) is 1.80. The molecule has 0 aliphatic carbocycles. The third-order valence-corrected chi connectivity index (χ3v) is 2.60. The zero-order valence-corrected chi connectivity index (χ0v) is 9.78. The predicted molar refractivity (Wildman–Crippen MR) is 61.5 cm³/mol. The molecular formula is C12H17N3. The fraction of sp³-hybridized carbons (Fsp3) is 0.583. The van der Waals surface area contributed by atoms with Crippen molar-refractivity contribution in [3.8, 4) is 0 Å². The molecule has 3 nitrogen and oxygen atoms in total. The maximum Gasteiger partial charge on any atom is 0.105 e. The highest BCUT2D eigenvalue weighted by molar-refractivity contribution is 5.81. The Bertz CT molecular complexity index is 406. The van der Waals surface area contributed by atoms with Gasteiger partial charge in [-0.1, -0.05) is 27.7 Å². The van der Waals surface area contributed by atoms with Crippen LogP contribution in [0.1, 0.15) is 62.3 Å². The molecule has 15 heavy (non-hydrogen) atoms. The Hall–Kier alpha value is -1.25. The number of hydrogen-bond donors (Lipinski definition) is 0. The van der Waals surface area contributed by atoms with Crippen LogP contribution in [0.15, 0.2) is 4.99 Å². The van der Waals surface area contributed by atoms with Crippen molar-refractivity contribution >= 4 is 6.21 Å². The summed E-state index contributed by atoms with van der Waals surface area (Å²) in [5.41, 5.74) is 4.25. The largest absolute Gasteiger partial charge is 0.284 e. The molecule has 0 N–H and O–H groups in total. The van der Waals surface area contributed by atoms with E-state index < -0.39 is 0 Å². The van der Waals surface area contributed by atoms with Gasteiger partial charge in [-0.15, -0.1) is 0 Å². The van der Waals surface area contributed by atoms with Crippen molar-refractivity contribution in [3.05, 3.63) is 22.8 Å². The van der Waals surface area contributed by atoms with Crippen LogP contribution in [0, 0.1) is 0 Å². The average molecular weight is 203 g/mol. The minimum atomic E-state index is 0.425. The van der Waals surface area contributed by atoms with Crippen molar-refractivity contribution in [2.45, 2.75) is 46.1 Å². The van der Waals surface area contributed by atoms with Crippen LogP contribution in [0.2, 0.25) is 0 Å². The van der Waals surface area contributed by atoms with Gasteiger partial charge in [-0.2, -0.15) is 0 Å². The van der Waals surface area contributed by atoms with Crippen molar-refractivity contribution in [1.82, 2.24) is 9.97 Å². The van der Waals surface area contributed by atoms with Gasteiger partial charge in [0.1, 0.15) is 5.69 Å². The van der Waals surface area contributed by atoms with Gasteiger partial charge < -0.3 is 0 Å². The topological polar surface area (TPSA) is 38.1 Å². The second-order valence-corrected chi connectivity index (χ2v) is 4.61. The Balaban J connectivity index is 2.55. The van der Waals surface area contributed by atoms with E-state index in [1.807, 2.05) is 6.21 Å². The van der Waals surface area contributed by atoms with Gasteiger partial charge in [0.15, 0.2) is 0 Å². The molecule has 80 valence electrons. The summed E-state index contributed by atoms with van der Waals surface area (Å²) in [6, 6.07) is 0. The first-order valence-corrected chi connectivity index (χ1v) is 5.50. The molecule has 0 amide bonds. The van der Waals surface area contributed by atoms with Crippen molar-refractivity contribution in [2.75, 3.05) is 0 Å². The van der Waals surface area contributed by atoms with Gasteiger partial charge in [-0.05, 0) is 11.8 Å². The van der Waals surface area contributed by atoms with E-state index in [1.54, 1.807) is 0 Å². The van der Waals surface area contributed by atoms with E-state index in [1.165, 1.54) is 0 Å². The summed E-state index contributed by atoms with van der Waals surface area (Å²) in [6.45, 7) is 9.35. The average Bonchev–Trinajstić information content (AvgIpc) is 2.61. The van der Waals surface area contributed by atoms with Crippen molar-refractivity contribution < 1.29 is 0 Å². The van der Waals surface area contributed by atoms with Crippen LogP contribution in [-0.4, -0.2) is 16.2 Å². The van der Waals surface area contributed by atoms with Gasteiger partial charge in [-0.25, -0.2) is 4.98 Å². The number of aliphatic imine (C=N–C) groups is 1. The first-order chi connectivity index (χ1) is 7.09. The lowest BCUT2D eigenvalue weighted by molar-refractivity contribution is 0.715. The zero-order valence-electron chi connectivity index (χ0n) is 9.78. The van der Waals surface area contributed by atoms with Crippen LogP contribution in [0.25, 0.3) is 0 Å². The lowest BCUT2D eigenvalue weighted by Gasteiger charge is -2.14. The second kappa shape index (κ2) is 3.72. The van der Waals surface area contributed by atoms with Crippen LogP contribution in [-0.2, 0) is 6.54 Å². The van der Waals surface area contributed by atoms with Gasteiger partial charge in [-0.3, -0.25) is 9.98 Å². The minimum Gasteiger partial charge on any atom is -0.284 e. The zero-order chi connectivity index (χ0) is 11.0. The molecule has 0 atom stereocenters. The fourth-order valence-corrected chi connectivity index (χ4v) is 1.80. The molecule has 0 saturated carbocycles. The number of aromatic nitrogens is 2. The Morgan fingerprint density at radius 3 is 2.20 bits per heavy atom. The molecule has 0 bridgehead atoms. The van der Waals surface area contributed by atoms with Crippen molar-refractivity contribution in [1.29, 1.82) is 0 Å².